The average Bonchev–Trinajstić information content (AvgIpc) is 2.96. The fourth-order valence-corrected chi connectivity index (χ4v) is 3.54. The molecule has 1 aliphatic rings. The van der Waals surface area contributed by atoms with Crippen LogP contribution in [0.25, 0.3) is 0 Å². The Kier molecular flexibility index (Phi) is 4.56. The molecule has 1 aliphatic heterocycles. The first-order valence-electron chi connectivity index (χ1n) is 7.72. The summed E-state index contributed by atoms with van der Waals surface area (Å²) in [6.07, 6.45) is 1.05. The molecule has 1 fully saturated rings. The zero-order chi connectivity index (χ0) is 14.7. The van der Waals surface area contributed by atoms with Gasteiger partial charge < -0.3 is 4.90 Å². The van der Waals surface area contributed by atoms with Gasteiger partial charge in [0, 0.05) is 43.8 Å². The number of hydrogen-bond acceptors (Lipinski definition) is 4. The van der Waals surface area contributed by atoms with E-state index in [0.29, 0.717) is 0 Å². The van der Waals surface area contributed by atoms with Crippen LogP contribution in [0.1, 0.15) is 23.2 Å². The number of aryl methyl sites for hydroxylation is 2. The highest BCUT2D eigenvalue weighted by atomic mass is 32.1. The summed E-state index contributed by atoms with van der Waals surface area (Å²) in [5.41, 5.74) is 3.93. The minimum absolute atomic E-state index is 0.998. The molecule has 0 unspecified atom stereocenters. The first-order valence-corrected chi connectivity index (χ1v) is 8.60. The molecule has 1 aromatic carbocycles. The second kappa shape index (κ2) is 6.58. The third-order valence-electron chi connectivity index (χ3n) is 4.03. The zero-order valence-electron chi connectivity index (χ0n) is 12.9. The normalized spacial score (nSPS) is 16.4. The van der Waals surface area contributed by atoms with Crippen molar-refractivity contribution < 1.29 is 0 Å². The molecule has 3 rings (SSSR count). The quantitative estimate of drug-likeness (QED) is 0.863. The van der Waals surface area contributed by atoms with E-state index in [9.17, 15) is 0 Å². The Morgan fingerprint density at radius 1 is 1.19 bits per heavy atom. The first-order chi connectivity index (χ1) is 10.2. The largest absolute Gasteiger partial charge is 0.369 e. The lowest BCUT2D eigenvalue weighted by Crippen LogP contribution is -2.46. The maximum absolute atomic E-state index is 4.67. The van der Waals surface area contributed by atoms with Crippen molar-refractivity contribution in [2.24, 2.45) is 0 Å². The SMILES string of the molecule is CCc1nc(CN2CCN(c3cccc(C)c3)CC2)cs1. The predicted octanol–water partition coefficient (Wildman–Crippen LogP) is 3.34. The first kappa shape index (κ1) is 14.5. The Morgan fingerprint density at radius 3 is 2.67 bits per heavy atom. The number of hydrogen-bond donors (Lipinski definition) is 0. The van der Waals surface area contributed by atoms with Crippen LogP contribution in [0.3, 0.4) is 0 Å². The summed E-state index contributed by atoms with van der Waals surface area (Å²) in [4.78, 5) is 9.68. The van der Waals surface area contributed by atoms with E-state index in [0.717, 1.165) is 39.1 Å². The monoisotopic (exact) mass is 301 g/mol. The minimum Gasteiger partial charge on any atom is -0.369 e. The van der Waals surface area contributed by atoms with Crippen LogP contribution in [-0.2, 0) is 13.0 Å². The molecule has 0 N–H and O–H groups in total. The Hall–Kier alpha value is -1.39. The summed E-state index contributed by atoms with van der Waals surface area (Å²) < 4.78 is 0. The van der Waals surface area contributed by atoms with Crippen LogP contribution in [0, 0.1) is 6.92 Å². The average molecular weight is 301 g/mol. The highest BCUT2D eigenvalue weighted by Crippen LogP contribution is 2.19. The summed E-state index contributed by atoms with van der Waals surface area (Å²) in [5, 5.41) is 3.47. The smallest absolute Gasteiger partial charge is 0.0926 e. The van der Waals surface area contributed by atoms with Gasteiger partial charge in [-0.2, -0.15) is 0 Å². The van der Waals surface area contributed by atoms with Crippen LogP contribution in [-0.4, -0.2) is 36.1 Å². The van der Waals surface area contributed by atoms with Gasteiger partial charge in [-0.1, -0.05) is 19.1 Å². The van der Waals surface area contributed by atoms with E-state index in [1.807, 2.05) is 0 Å². The van der Waals surface area contributed by atoms with Gasteiger partial charge >= 0.3 is 0 Å². The fourth-order valence-electron chi connectivity index (χ4n) is 2.80. The number of aromatic nitrogens is 1. The molecule has 21 heavy (non-hydrogen) atoms. The topological polar surface area (TPSA) is 19.4 Å². The highest BCUT2D eigenvalue weighted by Gasteiger charge is 2.18. The molecule has 0 radical (unpaired) electrons. The van der Waals surface area contributed by atoms with E-state index in [1.165, 1.54) is 22.0 Å². The minimum atomic E-state index is 0.998. The molecular weight excluding hydrogens is 278 g/mol. The third-order valence-corrected chi connectivity index (χ3v) is 5.07. The standard InChI is InChI=1S/C17H23N3S/c1-3-17-18-15(13-21-17)12-19-7-9-20(10-8-19)16-6-4-5-14(2)11-16/h4-6,11,13H,3,7-10,12H2,1-2H3. The van der Waals surface area contributed by atoms with Gasteiger partial charge in [-0.25, -0.2) is 4.98 Å². The molecule has 0 bridgehead atoms. The molecule has 1 aromatic heterocycles. The summed E-state index contributed by atoms with van der Waals surface area (Å²) in [6, 6.07) is 8.81. The lowest BCUT2D eigenvalue weighted by molar-refractivity contribution is 0.247. The van der Waals surface area contributed by atoms with Gasteiger partial charge in [0.05, 0.1) is 10.7 Å². The molecule has 3 nitrogen and oxygen atoms in total. The summed E-state index contributed by atoms with van der Waals surface area (Å²) in [7, 11) is 0. The maximum atomic E-state index is 4.67. The Morgan fingerprint density at radius 2 is 2.00 bits per heavy atom. The van der Waals surface area contributed by atoms with Gasteiger partial charge in [0.25, 0.3) is 0 Å². The van der Waals surface area contributed by atoms with Crippen molar-refractivity contribution in [2.75, 3.05) is 31.1 Å². The van der Waals surface area contributed by atoms with Gasteiger partial charge in [0.2, 0.25) is 0 Å². The van der Waals surface area contributed by atoms with Crippen LogP contribution in [0.5, 0.6) is 0 Å². The molecule has 112 valence electrons. The number of anilines is 1. The highest BCUT2D eigenvalue weighted by molar-refractivity contribution is 7.09. The fraction of sp³-hybridized carbons (Fsp3) is 0.471. The van der Waals surface area contributed by atoms with Crippen molar-refractivity contribution in [1.29, 1.82) is 0 Å². The van der Waals surface area contributed by atoms with Crippen molar-refractivity contribution in [3.63, 3.8) is 0 Å². The van der Waals surface area contributed by atoms with E-state index >= 15 is 0 Å². The van der Waals surface area contributed by atoms with Gasteiger partial charge in [-0.05, 0) is 31.0 Å². The summed E-state index contributed by atoms with van der Waals surface area (Å²) in [5.74, 6) is 0. The molecule has 2 heterocycles. The lowest BCUT2D eigenvalue weighted by Gasteiger charge is -2.35. The molecule has 0 aliphatic carbocycles. The molecule has 2 aromatic rings. The number of piperazine rings is 1. The molecule has 4 heteroatoms. The number of benzene rings is 1. The van der Waals surface area contributed by atoms with Crippen LogP contribution in [0.2, 0.25) is 0 Å². The second-order valence-corrected chi connectivity index (χ2v) is 6.63. The number of rotatable bonds is 4. The van der Waals surface area contributed by atoms with Crippen molar-refractivity contribution in [3.05, 3.63) is 45.9 Å². The molecule has 0 amide bonds. The summed E-state index contributed by atoms with van der Waals surface area (Å²) in [6.45, 7) is 9.77. The van der Waals surface area contributed by atoms with Crippen molar-refractivity contribution in [3.8, 4) is 0 Å². The molecule has 0 spiro atoms. The molecule has 0 saturated carbocycles. The van der Waals surface area contributed by atoms with Crippen molar-refractivity contribution in [1.82, 2.24) is 9.88 Å². The Balaban J connectivity index is 1.55. The van der Waals surface area contributed by atoms with E-state index in [4.69, 9.17) is 0 Å². The third kappa shape index (κ3) is 3.63. The summed E-state index contributed by atoms with van der Waals surface area (Å²) >= 11 is 1.79. The Bertz CT molecular complexity index is 585. The van der Waals surface area contributed by atoms with E-state index in [1.54, 1.807) is 11.3 Å². The van der Waals surface area contributed by atoms with Gasteiger partial charge in [-0.3, -0.25) is 4.90 Å². The molecular formula is C17H23N3S. The van der Waals surface area contributed by atoms with Gasteiger partial charge in [0.1, 0.15) is 0 Å². The number of nitrogens with zero attached hydrogens (tertiary/aromatic N) is 3. The second-order valence-electron chi connectivity index (χ2n) is 5.69. The van der Waals surface area contributed by atoms with Gasteiger partial charge in [0.15, 0.2) is 0 Å². The number of thiazole rings is 1. The van der Waals surface area contributed by atoms with Crippen LogP contribution in [0.4, 0.5) is 5.69 Å². The van der Waals surface area contributed by atoms with E-state index in [2.05, 4.69) is 58.3 Å². The Labute approximate surface area is 131 Å². The van der Waals surface area contributed by atoms with Crippen LogP contribution < -0.4 is 4.90 Å². The van der Waals surface area contributed by atoms with Crippen LogP contribution in [0.15, 0.2) is 29.6 Å². The molecule has 0 atom stereocenters. The van der Waals surface area contributed by atoms with E-state index in [-0.39, 0.29) is 0 Å². The maximum Gasteiger partial charge on any atom is 0.0926 e. The van der Waals surface area contributed by atoms with Gasteiger partial charge in [-0.15, -0.1) is 11.3 Å². The van der Waals surface area contributed by atoms with E-state index < -0.39 is 0 Å². The zero-order valence-corrected chi connectivity index (χ0v) is 13.7. The predicted molar refractivity (Wildman–Crippen MR) is 90.2 cm³/mol. The van der Waals surface area contributed by atoms with Crippen molar-refractivity contribution in [2.45, 2.75) is 26.8 Å². The molecule has 1 saturated heterocycles. The van der Waals surface area contributed by atoms with Crippen molar-refractivity contribution >= 4 is 17.0 Å². The lowest BCUT2D eigenvalue weighted by atomic mass is 10.2. The van der Waals surface area contributed by atoms with Crippen LogP contribution >= 0.6 is 11.3 Å².